The summed E-state index contributed by atoms with van der Waals surface area (Å²) in [5.41, 5.74) is 5.72. The van der Waals surface area contributed by atoms with Gasteiger partial charge in [0.1, 0.15) is 23.2 Å². The van der Waals surface area contributed by atoms with Gasteiger partial charge in [0.2, 0.25) is 0 Å². The summed E-state index contributed by atoms with van der Waals surface area (Å²) >= 11 is 6.09. The zero-order chi connectivity index (χ0) is 19.1. The van der Waals surface area contributed by atoms with Crippen LogP contribution >= 0.6 is 11.6 Å². The van der Waals surface area contributed by atoms with Gasteiger partial charge in [-0.2, -0.15) is 5.26 Å². The molecule has 1 aromatic carbocycles. The van der Waals surface area contributed by atoms with E-state index < -0.39 is 11.9 Å². The predicted molar refractivity (Wildman–Crippen MR) is 97.1 cm³/mol. The minimum atomic E-state index is -0.839. The van der Waals surface area contributed by atoms with Gasteiger partial charge in [0.25, 0.3) is 5.91 Å². The van der Waals surface area contributed by atoms with Crippen LogP contribution in [0.25, 0.3) is 17.4 Å². The van der Waals surface area contributed by atoms with E-state index >= 15 is 0 Å². The van der Waals surface area contributed by atoms with Gasteiger partial charge < -0.3 is 14.9 Å². The van der Waals surface area contributed by atoms with E-state index in [-0.39, 0.29) is 21.9 Å². The Balaban J connectivity index is 2.28. The van der Waals surface area contributed by atoms with Crippen molar-refractivity contribution in [3.8, 4) is 17.4 Å². The van der Waals surface area contributed by atoms with Crippen molar-refractivity contribution in [3.63, 3.8) is 0 Å². The molecule has 0 saturated carbocycles. The van der Waals surface area contributed by atoms with Crippen LogP contribution in [0.1, 0.15) is 35.9 Å². The molecule has 134 valence electrons. The molecule has 1 aromatic heterocycles. The number of nitriles is 1. The summed E-state index contributed by atoms with van der Waals surface area (Å²) in [7, 11) is 0. The van der Waals surface area contributed by atoms with Crippen molar-refractivity contribution in [1.29, 1.82) is 5.26 Å². The molecule has 0 aliphatic rings. The summed E-state index contributed by atoms with van der Waals surface area (Å²) in [5, 5.41) is 9.15. The molecule has 2 aromatic rings. The van der Waals surface area contributed by atoms with Gasteiger partial charge in [-0.3, -0.25) is 4.79 Å². The molecule has 26 heavy (non-hydrogen) atoms. The lowest BCUT2D eigenvalue weighted by atomic mass is 10.1. The van der Waals surface area contributed by atoms with Gasteiger partial charge in [-0.25, -0.2) is 4.79 Å². The Labute approximate surface area is 155 Å². The molecule has 0 bridgehead atoms. The van der Waals surface area contributed by atoms with Crippen LogP contribution in [0.5, 0.6) is 0 Å². The number of nitrogens with two attached hydrogens (primary N) is 1. The van der Waals surface area contributed by atoms with Crippen LogP contribution in [-0.4, -0.2) is 18.5 Å². The maximum Gasteiger partial charge on any atom is 0.339 e. The zero-order valence-electron chi connectivity index (χ0n) is 14.1. The molecule has 0 unspecified atom stereocenters. The second-order valence-corrected chi connectivity index (χ2v) is 5.83. The Hall–Kier alpha value is -3.04. The molecule has 2 N–H and O–H groups in total. The lowest BCUT2D eigenvalue weighted by Gasteiger charge is -2.07. The van der Waals surface area contributed by atoms with Crippen LogP contribution in [0, 0.1) is 11.3 Å². The van der Waals surface area contributed by atoms with Crippen molar-refractivity contribution >= 4 is 29.6 Å². The average molecular weight is 373 g/mol. The van der Waals surface area contributed by atoms with Gasteiger partial charge in [0.05, 0.1) is 17.2 Å². The molecule has 0 saturated heterocycles. The molecule has 0 radical (unpaired) electrons. The van der Waals surface area contributed by atoms with E-state index in [1.807, 2.05) is 6.92 Å². The van der Waals surface area contributed by atoms with Gasteiger partial charge in [0.15, 0.2) is 0 Å². The number of hydrogen-bond donors (Lipinski definition) is 1. The van der Waals surface area contributed by atoms with E-state index in [2.05, 4.69) is 0 Å². The van der Waals surface area contributed by atoms with Crippen molar-refractivity contribution in [2.75, 3.05) is 6.61 Å². The van der Waals surface area contributed by atoms with Crippen molar-refractivity contribution in [2.24, 2.45) is 5.73 Å². The summed E-state index contributed by atoms with van der Waals surface area (Å²) in [4.78, 5) is 23.3. The Bertz CT molecular complexity index is 893. The molecule has 0 atom stereocenters. The molecule has 2 rings (SSSR count). The molecular weight excluding hydrogens is 356 g/mol. The molecule has 0 spiro atoms. The topological polar surface area (TPSA) is 106 Å². The van der Waals surface area contributed by atoms with Crippen molar-refractivity contribution < 1.29 is 18.7 Å². The summed E-state index contributed by atoms with van der Waals surface area (Å²) in [5.74, 6) is -0.610. The third-order valence-corrected chi connectivity index (χ3v) is 3.83. The highest BCUT2D eigenvalue weighted by Gasteiger charge is 2.15. The molecular formula is C19H17ClN2O4. The van der Waals surface area contributed by atoms with E-state index in [1.54, 1.807) is 36.4 Å². The van der Waals surface area contributed by atoms with E-state index in [4.69, 9.17) is 31.8 Å². The highest BCUT2D eigenvalue weighted by atomic mass is 35.5. The molecule has 0 aliphatic heterocycles. The fraction of sp³-hybridized carbons (Fsp3) is 0.211. The van der Waals surface area contributed by atoms with E-state index in [1.165, 1.54) is 6.08 Å². The SMILES string of the molecule is CCCCOC(=O)c1cc(-c2ccc(/C=C(\C#N)C(N)=O)o2)ccc1Cl. The monoisotopic (exact) mass is 372 g/mol. The maximum atomic E-state index is 12.2. The largest absolute Gasteiger partial charge is 0.462 e. The first-order valence-corrected chi connectivity index (χ1v) is 8.32. The summed E-state index contributed by atoms with van der Waals surface area (Å²) in [6, 6.07) is 9.78. The number of rotatable bonds is 7. The number of furan rings is 1. The maximum absolute atomic E-state index is 12.2. The van der Waals surface area contributed by atoms with Crippen molar-refractivity contribution in [2.45, 2.75) is 19.8 Å². The quantitative estimate of drug-likeness (QED) is 0.343. The van der Waals surface area contributed by atoms with Crippen LogP contribution < -0.4 is 5.73 Å². The number of carbonyl (C=O) groups excluding carboxylic acids is 2. The smallest absolute Gasteiger partial charge is 0.339 e. The normalized spacial score (nSPS) is 11.0. The van der Waals surface area contributed by atoms with Gasteiger partial charge in [-0.1, -0.05) is 24.9 Å². The minimum absolute atomic E-state index is 0.220. The number of nitrogens with zero attached hydrogens (tertiary/aromatic N) is 1. The molecule has 6 nitrogen and oxygen atoms in total. The highest BCUT2D eigenvalue weighted by molar-refractivity contribution is 6.33. The number of benzene rings is 1. The minimum Gasteiger partial charge on any atom is -0.462 e. The molecule has 1 heterocycles. The standard InChI is InChI=1S/C19H17ClN2O4/c1-2-3-8-25-19(24)15-10-12(4-6-16(15)20)17-7-5-14(26-17)9-13(11-21)18(22)23/h4-7,9-10H,2-3,8H2,1H3,(H2,22,23)/b13-9+. The van der Waals surface area contributed by atoms with Crippen LogP contribution in [0.15, 0.2) is 40.3 Å². The van der Waals surface area contributed by atoms with Gasteiger partial charge >= 0.3 is 5.97 Å². The summed E-state index contributed by atoms with van der Waals surface area (Å²) in [6.07, 6.45) is 2.94. The van der Waals surface area contributed by atoms with E-state index in [9.17, 15) is 9.59 Å². The highest BCUT2D eigenvalue weighted by Crippen LogP contribution is 2.28. The number of hydrogen-bond acceptors (Lipinski definition) is 5. The number of esters is 1. The van der Waals surface area contributed by atoms with E-state index in [0.717, 1.165) is 12.8 Å². The van der Waals surface area contributed by atoms with Gasteiger partial charge in [-0.15, -0.1) is 0 Å². The van der Waals surface area contributed by atoms with Crippen LogP contribution in [-0.2, 0) is 9.53 Å². The number of ether oxygens (including phenoxy) is 1. The van der Waals surface area contributed by atoms with E-state index in [0.29, 0.717) is 17.9 Å². The summed E-state index contributed by atoms with van der Waals surface area (Å²) < 4.78 is 10.8. The predicted octanol–water partition coefficient (Wildman–Crippen LogP) is 3.95. The Kier molecular flexibility index (Phi) is 6.59. The van der Waals surface area contributed by atoms with Crippen molar-refractivity contribution in [3.05, 3.63) is 52.3 Å². The lowest BCUT2D eigenvalue weighted by Crippen LogP contribution is -2.12. The third kappa shape index (κ3) is 4.74. The van der Waals surface area contributed by atoms with Crippen LogP contribution in [0.4, 0.5) is 0 Å². The van der Waals surface area contributed by atoms with Gasteiger partial charge in [0, 0.05) is 11.6 Å². The summed E-state index contributed by atoms with van der Waals surface area (Å²) in [6.45, 7) is 2.33. The first kappa shape index (κ1) is 19.3. The van der Waals surface area contributed by atoms with Crippen molar-refractivity contribution in [1.82, 2.24) is 0 Å². The molecule has 7 heteroatoms. The average Bonchev–Trinajstić information content (AvgIpc) is 3.08. The number of amides is 1. The molecule has 0 aliphatic carbocycles. The van der Waals surface area contributed by atoms with Gasteiger partial charge in [-0.05, 0) is 36.8 Å². The number of carbonyl (C=O) groups is 2. The van der Waals surface area contributed by atoms with Crippen LogP contribution in [0.3, 0.4) is 0 Å². The number of halogens is 1. The third-order valence-electron chi connectivity index (χ3n) is 3.50. The fourth-order valence-electron chi connectivity index (χ4n) is 2.11. The Morgan fingerprint density at radius 1 is 1.35 bits per heavy atom. The Morgan fingerprint density at radius 2 is 2.12 bits per heavy atom. The number of unbranched alkanes of at least 4 members (excludes halogenated alkanes) is 1. The van der Waals surface area contributed by atoms with Crippen LogP contribution in [0.2, 0.25) is 5.02 Å². The Morgan fingerprint density at radius 3 is 2.77 bits per heavy atom. The fourth-order valence-corrected chi connectivity index (χ4v) is 2.30. The first-order valence-electron chi connectivity index (χ1n) is 7.94. The number of primary amides is 1. The second kappa shape index (κ2) is 8.88. The second-order valence-electron chi connectivity index (χ2n) is 5.42. The molecule has 1 amide bonds. The molecule has 0 fully saturated rings. The first-order chi connectivity index (χ1) is 12.5. The zero-order valence-corrected chi connectivity index (χ0v) is 14.9. The lowest BCUT2D eigenvalue weighted by molar-refractivity contribution is -0.114.